The quantitative estimate of drug-likeness (QED) is 0.723. The molecule has 0 amide bonds. The second kappa shape index (κ2) is 8.12. The van der Waals surface area contributed by atoms with E-state index in [1.807, 2.05) is 19.1 Å². The van der Waals surface area contributed by atoms with Crippen LogP contribution in [0.5, 0.6) is 0 Å². The number of rotatable bonds is 8. The molecule has 0 aliphatic rings. The van der Waals surface area contributed by atoms with Gasteiger partial charge in [0.15, 0.2) is 0 Å². The van der Waals surface area contributed by atoms with Crippen LogP contribution in [-0.4, -0.2) is 38.6 Å². The molecular formula is C14H23BrN2O2S. The Morgan fingerprint density at radius 2 is 1.90 bits per heavy atom. The molecule has 0 spiro atoms. The third-order valence-corrected chi connectivity index (χ3v) is 5.13. The van der Waals surface area contributed by atoms with Crippen LogP contribution in [0.2, 0.25) is 0 Å². The van der Waals surface area contributed by atoms with Crippen LogP contribution >= 0.6 is 15.9 Å². The van der Waals surface area contributed by atoms with Crippen molar-refractivity contribution in [3.05, 3.63) is 34.3 Å². The predicted molar refractivity (Wildman–Crippen MR) is 87.3 cm³/mol. The summed E-state index contributed by atoms with van der Waals surface area (Å²) in [6.07, 6.45) is 2.07. The summed E-state index contributed by atoms with van der Waals surface area (Å²) in [7, 11) is -3.07. The van der Waals surface area contributed by atoms with Crippen molar-refractivity contribution in [1.29, 1.82) is 0 Å². The fourth-order valence-corrected chi connectivity index (χ4v) is 3.20. The van der Waals surface area contributed by atoms with Gasteiger partial charge in [-0.3, -0.25) is 0 Å². The Bertz CT molecular complexity index is 502. The van der Waals surface area contributed by atoms with E-state index in [0.717, 1.165) is 17.4 Å². The Labute approximate surface area is 130 Å². The molecule has 1 rings (SSSR count). The third kappa shape index (κ3) is 5.91. The van der Waals surface area contributed by atoms with E-state index in [-0.39, 0.29) is 6.04 Å². The number of nitrogens with zero attached hydrogens (tertiary/aromatic N) is 1. The van der Waals surface area contributed by atoms with Crippen molar-refractivity contribution in [3.8, 4) is 0 Å². The topological polar surface area (TPSA) is 49.4 Å². The zero-order chi connectivity index (χ0) is 15.2. The van der Waals surface area contributed by atoms with Crippen LogP contribution in [0.25, 0.3) is 0 Å². The van der Waals surface area contributed by atoms with E-state index in [9.17, 15) is 8.42 Å². The SMILES string of the molecule is CCN(CCCNC(C)c1ccc(Br)cc1)S(C)(=O)=O. The van der Waals surface area contributed by atoms with Gasteiger partial charge in [0.05, 0.1) is 6.26 Å². The monoisotopic (exact) mass is 362 g/mol. The van der Waals surface area contributed by atoms with Crippen molar-refractivity contribution >= 4 is 26.0 Å². The Hall–Kier alpha value is -0.430. The molecule has 20 heavy (non-hydrogen) atoms. The van der Waals surface area contributed by atoms with E-state index in [4.69, 9.17) is 0 Å². The number of sulfonamides is 1. The molecule has 4 nitrogen and oxygen atoms in total. The third-order valence-electron chi connectivity index (χ3n) is 3.23. The van der Waals surface area contributed by atoms with Gasteiger partial charge in [-0.05, 0) is 37.6 Å². The zero-order valence-electron chi connectivity index (χ0n) is 12.3. The summed E-state index contributed by atoms with van der Waals surface area (Å²) in [6.45, 7) is 5.86. The van der Waals surface area contributed by atoms with Gasteiger partial charge in [-0.15, -0.1) is 0 Å². The second-order valence-corrected chi connectivity index (χ2v) is 7.73. The maximum Gasteiger partial charge on any atom is 0.211 e. The molecule has 0 radical (unpaired) electrons. The second-order valence-electron chi connectivity index (χ2n) is 4.84. The average molecular weight is 363 g/mol. The van der Waals surface area contributed by atoms with E-state index in [0.29, 0.717) is 13.1 Å². The highest BCUT2D eigenvalue weighted by molar-refractivity contribution is 9.10. The molecule has 1 N–H and O–H groups in total. The molecule has 0 fully saturated rings. The van der Waals surface area contributed by atoms with Gasteiger partial charge in [0, 0.05) is 23.6 Å². The zero-order valence-corrected chi connectivity index (χ0v) is 14.7. The van der Waals surface area contributed by atoms with Gasteiger partial charge in [0.1, 0.15) is 0 Å². The fraction of sp³-hybridized carbons (Fsp3) is 0.571. The molecule has 1 aromatic carbocycles. The van der Waals surface area contributed by atoms with Crippen LogP contribution in [-0.2, 0) is 10.0 Å². The molecule has 0 aromatic heterocycles. The number of benzene rings is 1. The average Bonchev–Trinajstić information content (AvgIpc) is 2.37. The maximum absolute atomic E-state index is 11.4. The Balaban J connectivity index is 2.35. The van der Waals surface area contributed by atoms with E-state index in [1.54, 1.807) is 0 Å². The molecule has 1 unspecified atom stereocenters. The Morgan fingerprint density at radius 1 is 1.30 bits per heavy atom. The number of nitrogens with one attached hydrogen (secondary N) is 1. The van der Waals surface area contributed by atoms with E-state index >= 15 is 0 Å². The van der Waals surface area contributed by atoms with Gasteiger partial charge in [-0.2, -0.15) is 0 Å². The highest BCUT2D eigenvalue weighted by atomic mass is 79.9. The smallest absolute Gasteiger partial charge is 0.211 e. The molecule has 6 heteroatoms. The molecule has 114 valence electrons. The minimum absolute atomic E-state index is 0.261. The number of halogens is 1. The summed E-state index contributed by atoms with van der Waals surface area (Å²) >= 11 is 3.42. The molecule has 1 aromatic rings. The minimum atomic E-state index is -3.07. The highest BCUT2D eigenvalue weighted by Crippen LogP contribution is 2.16. The van der Waals surface area contributed by atoms with Gasteiger partial charge in [0.25, 0.3) is 0 Å². The van der Waals surface area contributed by atoms with Crippen molar-refractivity contribution in [2.75, 3.05) is 25.9 Å². The van der Waals surface area contributed by atoms with E-state index in [1.165, 1.54) is 16.1 Å². The lowest BCUT2D eigenvalue weighted by molar-refractivity contribution is 0.413. The first-order valence-corrected chi connectivity index (χ1v) is 9.42. The Morgan fingerprint density at radius 3 is 2.40 bits per heavy atom. The predicted octanol–water partition coefficient (Wildman–Crippen LogP) is 2.77. The molecule has 0 aliphatic heterocycles. The lowest BCUT2D eigenvalue weighted by Crippen LogP contribution is -2.32. The fourth-order valence-electron chi connectivity index (χ4n) is 2.00. The van der Waals surface area contributed by atoms with Crippen LogP contribution in [0.1, 0.15) is 31.9 Å². The van der Waals surface area contributed by atoms with Crippen molar-refractivity contribution < 1.29 is 8.42 Å². The summed E-state index contributed by atoms with van der Waals surface area (Å²) in [5.41, 5.74) is 1.23. The lowest BCUT2D eigenvalue weighted by atomic mass is 10.1. The number of hydrogen-bond donors (Lipinski definition) is 1. The Kier molecular flexibility index (Phi) is 7.15. The molecule has 0 aliphatic carbocycles. The van der Waals surface area contributed by atoms with Gasteiger partial charge < -0.3 is 5.32 Å². The van der Waals surface area contributed by atoms with Crippen LogP contribution in [0.4, 0.5) is 0 Å². The van der Waals surface area contributed by atoms with Crippen molar-refractivity contribution in [3.63, 3.8) is 0 Å². The molecule has 1 atom stereocenters. The number of hydrogen-bond acceptors (Lipinski definition) is 3. The first-order valence-electron chi connectivity index (χ1n) is 6.78. The first kappa shape index (κ1) is 17.6. The van der Waals surface area contributed by atoms with Gasteiger partial charge in [-0.1, -0.05) is 35.0 Å². The standard InChI is InChI=1S/C14H23BrN2O2S/c1-4-17(20(3,18)19)11-5-10-16-12(2)13-6-8-14(15)9-7-13/h6-9,12,16H,4-5,10-11H2,1-3H3. The molecule has 0 heterocycles. The summed E-state index contributed by atoms with van der Waals surface area (Å²) in [5.74, 6) is 0. The largest absolute Gasteiger partial charge is 0.310 e. The van der Waals surface area contributed by atoms with E-state index < -0.39 is 10.0 Å². The van der Waals surface area contributed by atoms with Crippen LogP contribution in [0.3, 0.4) is 0 Å². The van der Waals surface area contributed by atoms with Crippen molar-refractivity contribution in [1.82, 2.24) is 9.62 Å². The van der Waals surface area contributed by atoms with Crippen molar-refractivity contribution in [2.45, 2.75) is 26.3 Å². The van der Waals surface area contributed by atoms with Gasteiger partial charge in [-0.25, -0.2) is 12.7 Å². The maximum atomic E-state index is 11.4. The summed E-state index contributed by atoms with van der Waals surface area (Å²) in [4.78, 5) is 0. The molecule has 0 saturated carbocycles. The van der Waals surface area contributed by atoms with Crippen LogP contribution in [0, 0.1) is 0 Å². The van der Waals surface area contributed by atoms with Crippen LogP contribution in [0.15, 0.2) is 28.7 Å². The summed E-state index contributed by atoms with van der Waals surface area (Å²) in [6, 6.07) is 8.47. The van der Waals surface area contributed by atoms with Gasteiger partial charge >= 0.3 is 0 Å². The molecular weight excluding hydrogens is 340 g/mol. The minimum Gasteiger partial charge on any atom is -0.310 e. The normalized spacial score (nSPS) is 13.7. The van der Waals surface area contributed by atoms with E-state index in [2.05, 4.69) is 40.3 Å². The lowest BCUT2D eigenvalue weighted by Gasteiger charge is -2.19. The summed E-state index contributed by atoms with van der Waals surface area (Å²) < 4.78 is 25.5. The van der Waals surface area contributed by atoms with Crippen LogP contribution < -0.4 is 5.32 Å². The summed E-state index contributed by atoms with van der Waals surface area (Å²) in [5, 5.41) is 3.41. The van der Waals surface area contributed by atoms with Crippen molar-refractivity contribution in [2.24, 2.45) is 0 Å². The molecule has 0 bridgehead atoms. The highest BCUT2D eigenvalue weighted by Gasteiger charge is 2.13. The van der Waals surface area contributed by atoms with Gasteiger partial charge in [0.2, 0.25) is 10.0 Å². The molecule has 0 saturated heterocycles. The first-order chi connectivity index (χ1) is 9.34.